The van der Waals surface area contributed by atoms with Crippen LogP contribution in [0.3, 0.4) is 0 Å². The second-order valence-electron chi connectivity index (χ2n) is 2.70. The van der Waals surface area contributed by atoms with Crippen molar-refractivity contribution in [1.29, 1.82) is 0 Å². The van der Waals surface area contributed by atoms with E-state index in [4.69, 9.17) is 10.8 Å². The van der Waals surface area contributed by atoms with Crippen LogP contribution >= 0.6 is 15.9 Å². The number of carboxylic acid groups (broad SMARTS) is 1. The maximum atomic E-state index is 12.0. The maximum absolute atomic E-state index is 12.0. The van der Waals surface area contributed by atoms with E-state index < -0.39 is 23.6 Å². The Morgan fingerprint density at radius 1 is 1.44 bits per heavy atom. The highest BCUT2D eigenvalue weighted by atomic mass is 79.9. The summed E-state index contributed by atoms with van der Waals surface area (Å²) in [5, 5.41) is 8.67. The zero-order valence-electron chi connectivity index (χ0n) is 7.51. The van der Waals surface area contributed by atoms with Crippen LogP contribution in [0.2, 0.25) is 0 Å². The Bertz CT molecular complexity index is 433. The summed E-state index contributed by atoms with van der Waals surface area (Å²) in [5.41, 5.74) is 4.64. The van der Waals surface area contributed by atoms with E-state index in [0.717, 1.165) is 12.1 Å². The van der Waals surface area contributed by atoms with Gasteiger partial charge >= 0.3 is 12.3 Å². The molecule has 0 aromatic heterocycles. The molecule has 0 bridgehead atoms. The molecule has 0 heterocycles. The average Bonchev–Trinajstić information content (AvgIpc) is 2.10. The highest BCUT2D eigenvalue weighted by Crippen LogP contribution is 2.37. The van der Waals surface area contributed by atoms with Crippen molar-refractivity contribution in [2.24, 2.45) is 0 Å². The number of carboxylic acids is 1. The molecule has 3 N–H and O–H groups in total. The number of aromatic carboxylic acids is 1. The summed E-state index contributed by atoms with van der Waals surface area (Å²) in [5.74, 6) is -2.40. The van der Waals surface area contributed by atoms with E-state index >= 15 is 0 Å². The second kappa shape index (κ2) is 4.20. The van der Waals surface area contributed by atoms with Gasteiger partial charge in [0.05, 0.1) is 4.47 Å². The number of hydrogen-bond donors (Lipinski definition) is 2. The molecule has 1 aromatic carbocycles. The van der Waals surface area contributed by atoms with Crippen LogP contribution in [0, 0.1) is 0 Å². The van der Waals surface area contributed by atoms with Gasteiger partial charge in [0.15, 0.2) is 5.75 Å². The lowest BCUT2D eigenvalue weighted by atomic mass is 10.2. The largest absolute Gasteiger partial charge is 0.573 e. The molecule has 8 heteroatoms. The van der Waals surface area contributed by atoms with Crippen LogP contribution in [0.4, 0.5) is 18.9 Å². The zero-order chi connectivity index (χ0) is 12.5. The topological polar surface area (TPSA) is 72.6 Å². The van der Waals surface area contributed by atoms with Gasteiger partial charge in [0, 0.05) is 5.69 Å². The smallest absolute Gasteiger partial charge is 0.478 e. The third-order valence-corrected chi connectivity index (χ3v) is 2.39. The van der Waals surface area contributed by atoms with Gasteiger partial charge in [0.2, 0.25) is 0 Å². The van der Waals surface area contributed by atoms with Crippen molar-refractivity contribution in [3.05, 3.63) is 22.2 Å². The number of ether oxygens (including phenoxy) is 1. The fourth-order valence-electron chi connectivity index (χ4n) is 0.955. The molecule has 0 aliphatic rings. The number of rotatable bonds is 2. The minimum atomic E-state index is -4.99. The van der Waals surface area contributed by atoms with Crippen LogP contribution in [-0.4, -0.2) is 17.4 Å². The van der Waals surface area contributed by atoms with Gasteiger partial charge in [-0.2, -0.15) is 0 Å². The minimum Gasteiger partial charge on any atom is -0.478 e. The van der Waals surface area contributed by atoms with E-state index in [-0.39, 0.29) is 10.2 Å². The highest BCUT2D eigenvalue weighted by molar-refractivity contribution is 9.10. The lowest BCUT2D eigenvalue weighted by Crippen LogP contribution is -2.19. The van der Waals surface area contributed by atoms with E-state index in [0.29, 0.717) is 0 Å². The predicted octanol–water partition coefficient (Wildman–Crippen LogP) is 2.63. The van der Waals surface area contributed by atoms with Crippen LogP contribution in [0.25, 0.3) is 0 Å². The monoisotopic (exact) mass is 299 g/mol. The molecule has 0 radical (unpaired) electrons. The van der Waals surface area contributed by atoms with Crippen molar-refractivity contribution in [3.8, 4) is 5.75 Å². The van der Waals surface area contributed by atoms with E-state index in [1.165, 1.54) is 0 Å². The number of hydrogen-bond acceptors (Lipinski definition) is 3. The standard InChI is InChI=1S/C8H5BrF3NO3/c9-5-4(13)2-1-3(7(14)15)6(5)16-8(10,11)12/h1-2H,13H2,(H,14,15). The maximum Gasteiger partial charge on any atom is 0.573 e. The quantitative estimate of drug-likeness (QED) is 0.824. The second-order valence-corrected chi connectivity index (χ2v) is 3.49. The first-order chi connectivity index (χ1) is 7.22. The first kappa shape index (κ1) is 12.6. The number of nitrogen functional groups attached to an aromatic ring is 1. The molecular weight excluding hydrogens is 295 g/mol. The normalized spacial score (nSPS) is 11.2. The third-order valence-electron chi connectivity index (χ3n) is 1.58. The lowest BCUT2D eigenvalue weighted by molar-refractivity contribution is -0.275. The molecule has 0 aliphatic heterocycles. The van der Waals surface area contributed by atoms with Crippen molar-refractivity contribution >= 4 is 27.6 Å². The molecule has 1 aromatic rings. The molecule has 16 heavy (non-hydrogen) atoms. The molecule has 0 amide bonds. The van der Waals surface area contributed by atoms with Gasteiger partial charge in [-0.05, 0) is 28.1 Å². The van der Waals surface area contributed by atoms with Gasteiger partial charge in [-0.3, -0.25) is 0 Å². The number of benzene rings is 1. The molecule has 0 atom stereocenters. The van der Waals surface area contributed by atoms with E-state index in [9.17, 15) is 18.0 Å². The SMILES string of the molecule is Nc1ccc(C(=O)O)c(OC(F)(F)F)c1Br. The zero-order valence-corrected chi connectivity index (χ0v) is 9.09. The van der Waals surface area contributed by atoms with Crippen molar-refractivity contribution in [1.82, 2.24) is 0 Å². The van der Waals surface area contributed by atoms with Crippen LogP contribution in [-0.2, 0) is 0 Å². The van der Waals surface area contributed by atoms with Gasteiger partial charge in [0.1, 0.15) is 5.56 Å². The number of alkyl halides is 3. The van der Waals surface area contributed by atoms with Crippen molar-refractivity contribution in [2.45, 2.75) is 6.36 Å². The van der Waals surface area contributed by atoms with Crippen LogP contribution in [0.1, 0.15) is 10.4 Å². The van der Waals surface area contributed by atoms with Gasteiger partial charge in [-0.15, -0.1) is 13.2 Å². The molecule has 0 spiro atoms. The summed E-state index contributed by atoms with van der Waals surface area (Å²) in [6.07, 6.45) is -4.99. The highest BCUT2D eigenvalue weighted by Gasteiger charge is 2.34. The predicted molar refractivity (Wildman–Crippen MR) is 52.2 cm³/mol. The Hall–Kier alpha value is -1.44. The fraction of sp³-hybridized carbons (Fsp3) is 0.125. The number of carbonyl (C=O) groups is 1. The molecular formula is C8H5BrF3NO3. The molecule has 0 saturated carbocycles. The molecule has 0 unspecified atom stereocenters. The van der Waals surface area contributed by atoms with E-state index in [2.05, 4.69) is 20.7 Å². The Kier molecular flexibility index (Phi) is 3.32. The molecule has 0 fully saturated rings. The van der Waals surface area contributed by atoms with Crippen LogP contribution in [0.5, 0.6) is 5.75 Å². The molecule has 4 nitrogen and oxygen atoms in total. The van der Waals surface area contributed by atoms with Crippen LogP contribution < -0.4 is 10.5 Å². The summed E-state index contributed by atoms with van der Waals surface area (Å²) < 4.78 is 39.4. The molecule has 1 rings (SSSR count). The molecule has 0 saturated heterocycles. The van der Waals surface area contributed by atoms with Crippen molar-refractivity contribution in [2.75, 3.05) is 5.73 Å². The minimum absolute atomic E-state index is 0.0516. The summed E-state index contributed by atoms with van der Waals surface area (Å²) in [6.45, 7) is 0. The van der Waals surface area contributed by atoms with E-state index in [1.807, 2.05) is 0 Å². The van der Waals surface area contributed by atoms with Gasteiger partial charge in [0.25, 0.3) is 0 Å². The Morgan fingerprint density at radius 2 is 2.00 bits per heavy atom. The molecule has 88 valence electrons. The average molecular weight is 300 g/mol. The number of halogens is 4. The summed E-state index contributed by atoms with van der Waals surface area (Å²) >= 11 is 2.74. The van der Waals surface area contributed by atoms with Gasteiger partial charge in [-0.1, -0.05) is 0 Å². The summed E-state index contributed by atoms with van der Waals surface area (Å²) in [7, 11) is 0. The lowest BCUT2D eigenvalue weighted by Gasteiger charge is -2.13. The van der Waals surface area contributed by atoms with Crippen LogP contribution in [0.15, 0.2) is 16.6 Å². The first-order valence-electron chi connectivity index (χ1n) is 3.79. The number of anilines is 1. The Balaban J connectivity index is 3.32. The molecule has 0 aliphatic carbocycles. The number of nitrogens with two attached hydrogens (primary N) is 1. The Labute approximate surface area is 95.9 Å². The van der Waals surface area contributed by atoms with Gasteiger partial charge in [-0.25, -0.2) is 4.79 Å². The third kappa shape index (κ3) is 2.78. The van der Waals surface area contributed by atoms with Crippen molar-refractivity contribution < 1.29 is 27.8 Å². The Morgan fingerprint density at radius 3 is 2.44 bits per heavy atom. The van der Waals surface area contributed by atoms with Crippen molar-refractivity contribution in [3.63, 3.8) is 0 Å². The van der Waals surface area contributed by atoms with E-state index in [1.54, 1.807) is 0 Å². The summed E-state index contributed by atoms with van der Waals surface area (Å²) in [4.78, 5) is 10.7. The summed E-state index contributed by atoms with van der Waals surface area (Å²) in [6, 6.07) is 2.10. The fourth-order valence-corrected chi connectivity index (χ4v) is 1.38. The van der Waals surface area contributed by atoms with Gasteiger partial charge < -0.3 is 15.6 Å². The first-order valence-corrected chi connectivity index (χ1v) is 4.58.